The average Bonchev–Trinajstić information content (AvgIpc) is 3.10. The lowest BCUT2D eigenvalue weighted by Crippen LogP contribution is -2.99. The van der Waals surface area contributed by atoms with E-state index in [9.17, 15) is 20.0 Å². The van der Waals surface area contributed by atoms with E-state index in [-0.39, 0.29) is 11.6 Å². The number of methoxy groups -OCH3 is 1. The molecule has 3 N–H and O–H groups in total. The summed E-state index contributed by atoms with van der Waals surface area (Å²) in [6, 6.07) is 12.7. The van der Waals surface area contributed by atoms with Gasteiger partial charge in [-0.05, 0) is 17.2 Å². The van der Waals surface area contributed by atoms with E-state index in [1.807, 2.05) is 24.3 Å². The van der Waals surface area contributed by atoms with Crippen LogP contribution in [0.3, 0.4) is 0 Å². The van der Waals surface area contributed by atoms with Crippen LogP contribution in [0.15, 0.2) is 48.5 Å². The number of aromatic amines is 1. The topological polar surface area (TPSA) is 110 Å². The van der Waals surface area contributed by atoms with Crippen molar-refractivity contribution in [2.75, 3.05) is 7.11 Å². The second kappa shape index (κ2) is 7.32. The average molecular weight is 395 g/mol. The summed E-state index contributed by atoms with van der Waals surface area (Å²) in [7, 11) is 1.30. The standard InChI is InChI=1S/C21H21N3O5/c1-12(25)23-18(21(26)29-2)11-16-15-8-3-4-9-17(15)22-19(16)20(23)13-6-5-7-14(10-13)24(27)28/h3-10,18,20,22,24,27H,11H2,1-2H3. The summed E-state index contributed by atoms with van der Waals surface area (Å²) in [5, 5.41) is 20.8. The van der Waals surface area contributed by atoms with Crippen molar-refractivity contribution in [3.8, 4) is 0 Å². The molecular weight excluding hydrogens is 374 g/mol. The fourth-order valence-corrected chi connectivity index (χ4v) is 4.19. The Bertz CT molecular complexity index is 1090. The fraction of sp³-hybridized carbons (Fsp3) is 0.238. The van der Waals surface area contributed by atoms with Gasteiger partial charge in [0.15, 0.2) is 5.69 Å². The van der Waals surface area contributed by atoms with Crippen LogP contribution >= 0.6 is 0 Å². The number of para-hydroxylation sites is 1. The van der Waals surface area contributed by atoms with Crippen LogP contribution in [0.2, 0.25) is 0 Å². The van der Waals surface area contributed by atoms with Crippen molar-refractivity contribution < 1.29 is 24.8 Å². The molecule has 4 rings (SSSR count). The summed E-state index contributed by atoms with van der Waals surface area (Å²) in [4.78, 5) is 30.1. The van der Waals surface area contributed by atoms with Gasteiger partial charge in [0.25, 0.3) is 0 Å². The van der Waals surface area contributed by atoms with E-state index in [2.05, 4.69) is 4.98 Å². The lowest BCUT2D eigenvalue weighted by Gasteiger charge is -2.40. The van der Waals surface area contributed by atoms with Crippen molar-refractivity contribution in [2.45, 2.75) is 25.4 Å². The van der Waals surface area contributed by atoms with Crippen molar-refractivity contribution in [3.63, 3.8) is 0 Å². The molecule has 1 amide bonds. The number of rotatable bonds is 3. The van der Waals surface area contributed by atoms with Gasteiger partial charge in [-0.2, -0.15) is 5.23 Å². The number of hydrogen-bond donors (Lipinski definition) is 3. The summed E-state index contributed by atoms with van der Waals surface area (Å²) in [6.45, 7) is 1.40. The third kappa shape index (κ3) is 3.17. The van der Waals surface area contributed by atoms with Gasteiger partial charge < -0.3 is 19.8 Å². The van der Waals surface area contributed by atoms with Crippen LogP contribution in [0.4, 0.5) is 5.69 Å². The van der Waals surface area contributed by atoms with E-state index in [4.69, 9.17) is 4.74 Å². The molecular formula is C21H21N3O5. The Kier molecular flexibility index (Phi) is 4.83. The zero-order chi connectivity index (χ0) is 20.7. The van der Waals surface area contributed by atoms with Crippen LogP contribution in [-0.4, -0.2) is 40.1 Å². The number of aromatic nitrogens is 1. The van der Waals surface area contributed by atoms with Crippen LogP contribution < -0.4 is 5.23 Å². The van der Waals surface area contributed by atoms with E-state index in [1.165, 1.54) is 31.1 Å². The molecule has 8 nitrogen and oxygen atoms in total. The minimum Gasteiger partial charge on any atom is -0.595 e. The number of amides is 1. The number of carbonyl (C=O) groups is 2. The highest BCUT2D eigenvalue weighted by molar-refractivity contribution is 5.90. The predicted molar refractivity (Wildman–Crippen MR) is 104 cm³/mol. The third-order valence-corrected chi connectivity index (χ3v) is 5.42. The first kappa shape index (κ1) is 19.1. The number of nitrogens with zero attached hydrogens (tertiary/aromatic N) is 1. The van der Waals surface area contributed by atoms with Gasteiger partial charge in [0.2, 0.25) is 5.91 Å². The van der Waals surface area contributed by atoms with Crippen molar-refractivity contribution in [1.29, 1.82) is 0 Å². The molecule has 8 heteroatoms. The van der Waals surface area contributed by atoms with Crippen LogP contribution in [-0.2, 0) is 20.7 Å². The summed E-state index contributed by atoms with van der Waals surface area (Å²) in [6.07, 6.45) is 0.320. The first-order valence-electron chi connectivity index (χ1n) is 9.21. The number of quaternary nitrogens is 1. The molecule has 0 spiro atoms. The molecule has 3 atom stereocenters. The van der Waals surface area contributed by atoms with Crippen LogP contribution in [0.5, 0.6) is 0 Å². The lowest BCUT2D eigenvalue weighted by molar-refractivity contribution is -0.991. The Labute approximate surface area is 166 Å². The molecule has 0 aliphatic carbocycles. The van der Waals surface area contributed by atoms with E-state index < -0.39 is 23.3 Å². The van der Waals surface area contributed by atoms with E-state index in [0.29, 0.717) is 12.0 Å². The minimum atomic E-state index is -1.06. The SMILES string of the molecule is COC(=O)C1Cc2c([nH]c3ccccc23)C(c2cccc([NH+]([O-])O)c2)N1C(C)=O. The minimum absolute atomic E-state index is 0.115. The fourth-order valence-electron chi connectivity index (χ4n) is 4.19. The number of carbonyl (C=O) groups excluding carboxylic acids is 2. The molecule has 1 aromatic heterocycles. The number of H-pyrrole nitrogens is 1. The van der Waals surface area contributed by atoms with E-state index >= 15 is 0 Å². The second-order valence-electron chi connectivity index (χ2n) is 7.07. The number of benzene rings is 2. The van der Waals surface area contributed by atoms with Gasteiger partial charge >= 0.3 is 5.97 Å². The Morgan fingerprint density at radius 1 is 1.24 bits per heavy atom. The molecule has 3 unspecified atom stereocenters. The van der Waals surface area contributed by atoms with Crippen molar-refractivity contribution in [3.05, 3.63) is 70.6 Å². The number of hydrogen-bond acceptors (Lipinski definition) is 5. The quantitative estimate of drug-likeness (QED) is 0.461. The molecule has 0 fully saturated rings. The van der Waals surface area contributed by atoms with Gasteiger partial charge in [0.1, 0.15) is 6.04 Å². The summed E-state index contributed by atoms with van der Waals surface area (Å²) in [5.74, 6) is -0.800. The molecule has 29 heavy (non-hydrogen) atoms. The highest BCUT2D eigenvalue weighted by Crippen LogP contribution is 2.41. The summed E-state index contributed by atoms with van der Waals surface area (Å²) in [5.41, 5.74) is 3.33. The molecule has 0 saturated carbocycles. The maximum atomic E-state index is 12.6. The van der Waals surface area contributed by atoms with E-state index in [0.717, 1.165) is 22.2 Å². The third-order valence-electron chi connectivity index (χ3n) is 5.42. The maximum absolute atomic E-state index is 12.6. The smallest absolute Gasteiger partial charge is 0.328 e. The molecule has 150 valence electrons. The second-order valence-corrected chi connectivity index (χ2v) is 7.07. The number of ether oxygens (including phenoxy) is 1. The lowest BCUT2D eigenvalue weighted by atomic mass is 9.87. The van der Waals surface area contributed by atoms with Crippen LogP contribution in [0.1, 0.15) is 29.8 Å². The predicted octanol–water partition coefficient (Wildman–Crippen LogP) is 1.61. The number of esters is 1. The van der Waals surface area contributed by atoms with Crippen molar-refractivity contribution >= 4 is 28.5 Å². The first-order valence-corrected chi connectivity index (χ1v) is 9.21. The molecule has 0 bridgehead atoms. The number of nitrogens with one attached hydrogen (secondary N) is 2. The van der Waals surface area contributed by atoms with Crippen LogP contribution in [0.25, 0.3) is 10.9 Å². The highest BCUT2D eigenvalue weighted by Gasteiger charge is 2.43. The summed E-state index contributed by atoms with van der Waals surface area (Å²) >= 11 is 0. The van der Waals surface area contributed by atoms with Crippen LogP contribution in [0, 0.1) is 5.21 Å². The molecule has 1 aliphatic heterocycles. The van der Waals surface area contributed by atoms with Gasteiger partial charge in [0.05, 0.1) is 13.2 Å². The van der Waals surface area contributed by atoms with Crippen molar-refractivity contribution in [1.82, 2.24) is 9.88 Å². The Morgan fingerprint density at radius 3 is 2.69 bits per heavy atom. The normalized spacial score (nSPS) is 19.7. The molecule has 0 radical (unpaired) electrons. The van der Waals surface area contributed by atoms with Gasteiger partial charge in [0, 0.05) is 42.1 Å². The number of fused-ring (bicyclic) bond motifs is 3. The van der Waals surface area contributed by atoms with Gasteiger partial charge in [-0.1, -0.05) is 30.3 Å². The first-order chi connectivity index (χ1) is 13.9. The Hall–Kier alpha value is -3.20. The zero-order valence-corrected chi connectivity index (χ0v) is 16.0. The molecule has 3 aromatic rings. The zero-order valence-electron chi connectivity index (χ0n) is 16.0. The van der Waals surface area contributed by atoms with Gasteiger partial charge in [-0.25, -0.2) is 10.0 Å². The maximum Gasteiger partial charge on any atom is 0.328 e. The molecule has 0 saturated heterocycles. The summed E-state index contributed by atoms with van der Waals surface area (Å²) < 4.78 is 4.98. The molecule has 1 aliphatic rings. The molecule has 2 aromatic carbocycles. The van der Waals surface area contributed by atoms with Gasteiger partial charge in [-0.15, -0.1) is 0 Å². The Balaban J connectivity index is 1.98. The molecule has 2 heterocycles. The monoisotopic (exact) mass is 395 g/mol. The largest absolute Gasteiger partial charge is 0.595 e. The van der Waals surface area contributed by atoms with Gasteiger partial charge in [-0.3, -0.25) is 4.79 Å². The van der Waals surface area contributed by atoms with E-state index in [1.54, 1.807) is 12.1 Å². The van der Waals surface area contributed by atoms with Crippen molar-refractivity contribution in [2.24, 2.45) is 0 Å². The Morgan fingerprint density at radius 2 is 2.00 bits per heavy atom. The highest BCUT2D eigenvalue weighted by atomic mass is 16.8.